The number of aromatic nitrogens is 7. The predicted molar refractivity (Wildman–Crippen MR) is 96.8 cm³/mol. The van der Waals surface area contributed by atoms with Gasteiger partial charge < -0.3 is 8.98 Å². The molecule has 0 amide bonds. The molecule has 5 rings (SSSR count). The Labute approximate surface area is 155 Å². The molecule has 10 heteroatoms. The van der Waals surface area contributed by atoms with Crippen molar-refractivity contribution in [3.63, 3.8) is 0 Å². The molecule has 0 atom stereocenters. The minimum atomic E-state index is -0.451. The Balaban J connectivity index is 1.56. The first-order valence-electron chi connectivity index (χ1n) is 7.95. The van der Waals surface area contributed by atoms with Crippen LogP contribution in [0.5, 0.6) is 0 Å². The van der Waals surface area contributed by atoms with Crippen LogP contribution in [0.4, 0.5) is 0 Å². The molecule has 0 spiro atoms. The molecular formula is C17H10ClN7O2. The van der Waals surface area contributed by atoms with Gasteiger partial charge in [0, 0.05) is 5.39 Å². The number of para-hydroxylation sites is 1. The first kappa shape index (κ1) is 15.6. The summed E-state index contributed by atoms with van der Waals surface area (Å²) in [5.74, 6) is 0. The van der Waals surface area contributed by atoms with E-state index in [1.54, 1.807) is 33.9 Å². The number of hydrogen-bond donors (Lipinski definition) is 0. The summed E-state index contributed by atoms with van der Waals surface area (Å²) >= 11 is 6.03. The standard InChI is InChI=1S/C17H10ClN7O2/c18-16-15-17(20-8-19-16)24(9-21-15)6-10-7-25(23-22-10)12-5-14(26)27-13-4-2-1-3-11(12)13/h1-5,7-9H,6H2. The Bertz CT molecular complexity index is 1350. The van der Waals surface area contributed by atoms with Gasteiger partial charge in [0.2, 0.25) is 0 Å². The Morgan fingerprint density at radius 2 is 2.04 bits per heavy atom. The van der Waals surface area contributed by atoms with E-state index >= 15 is 0 Å². The van der Waals surface area contributed by atoms with E-state index in [0.717, 1.165) is 5.39 Å². The van der Waals surface area contributed by atoms with Gasteiger partial charge in [-0.3, -0.25) is 0 Å². The molecule has 0 saturated carbocycles. The number of rotatable bonds is 3. The van der Waals surface area contributed by atoms with Crippen LogP contribution < -0.4 is 5.63 Å². The molecule has 0 N–H and O–H groups in total. The normalized spacial score (nSPS) is 11.4. The molecule has 0 bridgehead atoms. The largest absolute Gasteiger partial charge is 0.423 e. The highest BCUT2D eigenvalue weighted by molar-refractivity contribution is 6.33. The Hall–Kier alpha value is -3.59. The van der Waals surface area contributed by atoms with Gasteiger partial charge >= 0.3 is 5.63 Å². The van der Waals surface area contributed by atoms with Crippen molar-refractivity contribution >= 4 is 33.7 Å². The van der Waals surface area contributed by atoms with E-state index in [9.17, 15) is 4.79 Å². The van der Waals surface area contributed by atoms with Crippen LogP contribution in [0, 0.1) is 0 Å². The van der Waals surface area contributed by atoms with Gasteiger partial charge in [-0.05, 0) is 12.1 Å². The lowest BCUT2D eigenvalue weighted by atomic mass is 10.2. The van der Waals surface area contributed by atoms with Crippen LogP contribution in [0.3, 0.4) is 0 Å². The number of hydrogen-bond acceptors (Lipinski definition) is 7. The zero-order valence-electron chi connectivity index (χ0n) is 13.7. The number of imidazole rings is 1. The second-order valence-electron chi connectivity index (χ2n) is 5.81. The molecule has 0 aliphatic carbocycles. The number of fused-ring (bicyclic) bond motifs is 2. The minimum absolute atomic E-state index is 0.296. The van der Waals surface area contributed by atoms with Crippen LogP contribution >= 0.6 is 11.6 Å². The van der Waals surface area contributed by atoms with E-state index < -0.39 is 5.63 Å². The molecule has 0 aliphatic heterocycles. The highest BCUT2D eigenvalue weighted by Crippen LogP contribution is 2.21. The molecule has 0 radical (unpaired) electrons. The fourth-order valence-electron chi connectivity index (χ4n) is 2.91. The summed E-state index contributed by atoms with van der Waals surface area (Å²) in [5.41, 5.74) is 2.44. The molecule has 0 unspecified atom stereocenters. The maximum Gasteiger partial charge on any atom is 0.338 e. The van der Waals surface area contributed by atoms with Gasteiger partial charge in [0.25, 0.3) is 0 Å². The molecule has 0 fully saturated rings. The molecule has 5 aromatic rings. The lowest BCUT2D eigenvalue weighted by molar-refractivity contribution is 0.559. The highest BCUT2D eigenvalue weighted by atomic mass is 35.5. The predicted octanol–water partition coefficient (Wildman–Crippen LogP) is 2.22. The molecule has 0 saturated heterocycles. The van der Waals surface area contributed by atoms with Gasteiger partial charge in [-0.2, -0.15) is 0 Å². The van der Waals surface area contributed by atoms with E-state index in [4.69, 9.17) is 16.0 Å². The maximum atomic E-state index is 11.9. The Kier molecular flexibility index (Phi) is 3.47. The van der Waals surface area contributed by atoms with E-state index in [1.807, 2.05) is 12.1 Å². The molecular weight excluding hydrogens is 370 g/mol. The summed E-state index contributed by atoms with van der Waals surface area (Å²) in [6.07, 6.45) is 4.75. The molecule has 0 aliphatic rings. The summed E-state index contributed by atoms with van der Waals surface area (Å²) in [6.45, 7) is 0.392. The van der Waals surface area contributed by atoms with Gasteiger partial charge in [0.15, 0.2) is 10.8 Å². The summed E-state index contributed by atoms with van der Waals surface area (Å²) in [6, 6.07) is 8.65. The van der Waals surface area contributed by atoms with Crippen molar-refractivity contribution in [2.24, 2.45) is 0 Å². The first-order valence-corrected chi connectivity index (χ1v) is 8.33. The number of halogens is 1. The van der Waals surface area contributed by atoms with E-state index in [1.165, 1.54) is 12.4 Å². The summed E-state index contributed by atoms with van der Waals surface area (Å²) < 4.78 is 8.57. The third-order valence-electron chi connectivity index (χ3n) is 4.10. The van der Waals surface area contributed by atoms with Crippen molar-refractivity contribution in [3.05, 3.63) is 70.5 Å². The molecule has 27 heavy (non-hydrogen) atoms. The fourth-order valence-corrected chi connectivity index (χ4v) is 3.09. The molecule has 132 valence electrons. The minimum Gasteiger partial charge on any atom is -0.423 e. The fraction of sp³-hybridized carbons (Fsp3) is 0.0588. The molecule has 9 nitrogen and oxygen atoms in total. The van der Waals surface area contributed by atoms with Gasteiger partial charge in [-0.1, -0.05) is 28.9 Å². The van der Waals surface area contributed by atoms with Crippen molar-refractivity contribution in [2.45, 2.75) is 6.54 Å². The zero-order chi connectivity index (χ0) is 18.4. The Morgan fingerprint density at radius 3 is 2.96 bits per heavy atom. The average molecular weight is 380 g/mol. The van der Waals surface area contributed by atoms with Crippen LogP contribution in [0.1, 0.15) is 5.69 Å². The number of benzene rings is 1. The van der Waals surface area contributed by atoms with Gasteiger partial charge in [0.1, 0.15) is 23.1 Å². The van der Waals surface area contributed by atoms with Gasteiger partial charge in [0.05, 0.1) is 30.8 Å². The van der Waals surface area contributed by atoms with Crippen LogP contribution in [0.15, 0.2) is 58.4 Å². The van der Waals surface area contributed by atoms with Crippen LogP contribution in [-0.2, 0) is 6.54 Å². The SMILES string of the molecule is O=c1cc(-n2cc(Cn3cnc4c(Cl)ncnc43)nn2)c2ccccc2o1. The smallest absolute Gasteiger partial charge is 0.338 e. The van der Waals surface area contributed by atoms with E-state index in [2.05, 4.69) is 25.3 Å². The van der Waals surface area contributed by atoms with Crippen molar-refractivity contribution < 1.29 is 4.42 Å². The lowest BCUT2D eigenvalue weighted by Crippen LogP contribution is -2.04. The highest BCUT2D eigenvalue weighted by Gasteiger charge is 2.12. The molecule has 4 heterocycles. The van der Waals surface area contributed by atoms with Crippen LogP contribution in [0.25, 0.3) is 27.8 Å². The second-order valence-corrected chi connectivity index (χ2v) is 6.17. The Morgan fingerprint density at radius 1 is 1.15 bits per heavy atom. The quantitative estimate of drug-likeness (QED) is 0.349. The van der Waals surface area contributed by atoms with Gasteiger partial charge in [-0.15, -0.1) is 5.10 Å². The summed E-state index contributed by atoms with van der Waals surface area (Å²) in [5, 5.41) is 9.40. The zero-order valence-corrected chi connectivity index (χ0v) is 14.4. The van der Waals surface area contributed by atoms with Crippen molar-refractivity contribution in [1.29, 1.82) is 0 Å². The third kappa shape index (κ3) is 2.64. The van der Waals surface area contributed by atoms with Crippen LogP contribution in [-0.4, -0.2) is 34.5 Å². The van der Waals surface area contributed by atoms with Crippen molar-refractivity contribution in [3.8, 4) is 5.69 Å². The third-order valence-corrected chi connectivity index (χ3v) is 4.38. The molecule has 1 aromatic carbocycles. The van der Waals surface area contributed by atoms with Crippen molar-refractivity contribution in [2.75, 3.05) is 0 Å². The topological polar surface area (TPSA) is 105 Å². The maximum absolute atomic E-state index is 11.9. The summed E-state index contributed by atoms with van der Waals surface area (Å²) in [4.78, 5) is 24.2. The van der Waals surface area contributed by atoms with E-state index in [0.29, 0.717) is 39.8 Å². The van der Waals surface area contributed by atoms with Crippen molar-refractivity contribution in [1.82, 2.24) is 34.5 Å². The average Bonchev–Trinajstić information content (AvgIpc) is 3.30. The lowest BCUT2D eigenvalue weighted by Gasteiger charge is -2.03. The van der Waals surface area contributed by atoms with Crippen LogP contribution in [0.2, 0.25) is 5.15 Å². The second kappa shape index (κ2) is 5.99. The van der Waals surface area contributed by atoms with Gasteiger partial charge in [-0.25, -0.2) is 24.4 Å². The first-order chi connectivity index (χ1) is 13.2. The monoisotopic (exact) mass is 379 g/mol. The number of nitrogens with zero attached hydrogens (tertiary/aromatic N) is 7. The summed E-state index contributed by atoms with van der Waals surface area (Å²) in [7, 11) is 0. The van der Waals surface area contributed by atoms with E-state index in [-0.39, 0.29) is 0 Å². The molecule has 4 aromatic heterocycles.